The van der Waals surface area contributed by atoms with Crippen molar-refractivity contribution in [2.75, 3.05) is 26.4 Å². The Morgan fingerprint density at radius 1 is 1.00 bits per heavy atom. The summed E-state index contributed by atoms with van der Waals surface area (Å²) in [7, 11) is 1.82. The number of aromatic nitrogens is 3. The zero-order valence-corrected chi connectivity index (χ0v) is 22.2. The van der Waals surface area contributed by atoms with Crippen molar-refractivity contribution in [3.05, 3.63) is 42.2 Å². The lowest BCUT2D eigenvalue weighted by Crippen LogP contribution is -2.25. The number of fused-ring (bicyclic) bond motifs is 1. The van der Waals surface area contributed by atoms with Gasteiger partial charge in [0.1, 0.15) is 29.7 Å². The summed E-state index contributed by atoms with van der Waals surface area (Å²) in [4.78, 5) is 4.30. The Balaban J connectivity index is 0.000000949. The molecule has 0 radical (unpaired) electrons. The molecule has 0 spiro atoms. The van der Waals surface area contributed by atoms with Crippen LogP contribution in [0.15, 0.2) is 36.5 Å². The van der Waals surface area contributed by atoms with Crippen LogP contribution in [0.1, 0.15) is 60.1 Å². The van der Waals surface area contributed by atoms with Crippen molar-refractivity contribution in [2.45, 2.75) is 60.5 Å². The molecule has 1 saturated heterocycles. The molecule has 0 saturated carbocycles. The lowest BCUT2D eigenvalue weighted by atomic mass is 10.2. The van der Waals surface area contributed by atoms with Gasteiger partial charge < -0.3 is 18.9 Å². The third kappa shape index (κ3) is 9.19. The van der Waals surface area contributed by atoms with E-state index in [1.54, 1.807) is 29.1 Å². The van der Waals surface area contributed by atoms with Crippen LogP contribution in [0.4, 0.5) is 0 Å². The van der Waals surface area contributed by atoms with Crippen LogP contribution < -0.4 is 9.47 Å². The normalized spacial score (nSPS) is 12.6. The van der Waals surface area contributed by atoms with Gasteiger partial charge in [-0.25, -0.2) is 4.98 Å². The Bertz CT molecular complexity index is 1010. The molecule has 8 heteroatoms. The van der Waals surface area contributed by atoms with Gasteiger partial charge >= 0.3 is 0 Å². The molecule has 35 heavy (non-hydrogen) atoms. The number of benzene rings is 1. The molecule has 0 atom stereocenters. The molecule has 1 aliphatic heterocycles. The van der Waals surface area contributed by atoms with Gasteiger partial charge in [0.25, 0.3) is 0 Å². The Hall–Kier alpha value is -3.15. The fourth-order valence-corrected chi connectivity index (χ4v) is 3.16. The standard InChI is InChI=1S/C21H22N4O4.3C2H6/c1-25-20-12-21(18(13-22)24-19(20)14-23-25)29-17-4-2-15(3-5-17)27-10-11-28-16-6-8-26-9-7-16;3*1-2/h2-5,12,14,16H,6-11H2,1H3;3*1-2H3. The molecule has 0 bridgehead atoms. The molecule has 2 aromatic heterocycles. The van der Waals surface area contributed by atoms with E-state index in [2.05, 4.69) is 16.2 Å². The highest BCUT2D eigenvalue weighted by molar-refractivity contribution is 5.77. The average Bonchev–Trinajstić information content (AvgIpc) is 3.30. The van der Waals surface area contributed by atoms with E-state index in [0.29, 0.717) is 30.2 Å². The van der Waals surface area contributed by atoms with Crippen molar-refractivity contribution in [1.82, 2.24) is 14.8 Å². The molecule has 1 aliphatic rings. The molecular formula is C27H40N4O4. The molecule has 0 aliphatic carbocycles. The first-order valence-electron chi connectivity index (χ1n) is 12.6. The molecule has 3 aromatic rings. The zero-order valence-electron chi connectivity index (χ0n) is 22.2. The van der Waals surface area contributed by atoms with Crippen LogP contribution in [-0.4, -0.2) is 47.3 Å². The van der Waals surface area contributed by atoms with Crippen molar-refractivity contribution in [3.8, 4) is 23.3 Å². The summed E-state index contributed by atoms with van der Waals surface area (Å²) in [6.07, 6.45) is 3.77. The minimum Gasteiger partial charge on any atom is -0.491 e. The molecule has 0 unspecified atom stereocenters. The van der Waals surface area contributed by atoms with E-state index in [1.807, 2.05) is 60.7 Å². The average molecular weight is 485 g/mol. The summed E-state index contributed by atoms with van der Waals surface area (Å²) in [5.74, 6) is 1.71. The molecule has 1 fully saturated rings. The van der Waals surface area contributed by atoms with E-state index in [9.17, 15) is 5.26 Å². The lowest BCUT2D eigenvalue weighted by molar-refractivity contribution is -0.0388. The summed E-state index contributed by atoms with van der Waals surface area (Å²) < 4.78 is 24.4. The first-order valence-corrected chi connectivity index (χ1v) is 12.6. The molecule has 8 nitrogen and oxygen atoms in total. The Kier molecular flexibility index (Phi) is 14.8. The predicted molar refractivity (Wildman–Crippen MR) is 139 cm³/mol. The molecule has 192 valence electrons. The summed E-state index contributed by atoms with van der Waals surface area (Å²) >= 11 is 0. The molecule has 0 amide bonds. The third-order valence-electron chi connectivity index (χ3n) is 4.73. The number of ether oxygens (including phenoxy) is 4. The second-order valence-electron chi connectivity index (χ2n) is 6.72. The van der Waals surface area contributed by atoms with E-state index in [-0.39, 0.29) is 11.8 Å². The molecule has 0 N–H and O–H groups in total. The number of nitriles is 1. The number of aryl methyl sites for hydroxylation is 1. The van der Waals surface area contributed by atoms with Crippen LogP contribution in [0, 0.1) is 11.3 Å². The van der Waals surface area contributed by atoms with Crippen LogP contribution in [0.5, 0.6) is 17.2 Å². The van der Waals surface area contributed by atoms with Crippen LogP contribution in [0.3, 0.4) is 0 Å². The Morgan fingerprint density at radius 2 is 1.63 bits per heavy atom. The highest BCUT2D eigenvalue weighted by Gasteiger charge is 2.14. The maximum atomic E-state index is 9.36. The summed E-state index contributed by atoms with van der Waals surface area (Å²) in [6, 6.07) is 11.1. The smallest absolute Gasteiger partial charge is 0.184 e. The van der Waals surface area contributed by atoms with E-state index in [4.69, 9.17) is 18.9 Å². The fourth-order valence-electron chi connectivity index (χ4n) is 3.16. The van der Waals surface area contributed by atoms with E-state index in [1.165, 1.54) is 0 Å². The largest absolute Gasteiger partial charge is 0.491 e. The van der Waals surface area contributed by atoms with Crippen molar-refractivity contribution in [2.24, 2.45) is 7.05 Å². The van der Waals surface area contributed by atoms with Crippen LogP contribution in [-0.2, 0) is 16.5 Å². The fraction of sp³-hybridized carbons (Fsp3) is 0.519. The minimum atomic E-state index is 0.219. The van der Waals surface area contributed by atoms with Crippen molar-refractivity contribution < 1.29 is 18.9 Å². The number of pyridine rings is 1. The van der Waals surface area contributed by atoms with Gasteiger partial charge in [-0.2, -0.15) is 10.4 Å². The van der Waals surface area contributed by atoms with Crippen molar-refractivity contribution >= 4 is 11.0 Å². The van der Waals surface area contributed by atoms with Crippen LogP contribution in [0.2, 0.25) is 0 Å². The summed E-state index contributed by atoms with van der Waals surface area (Å²) in [5, 5.41) is 13.5. The molecule has 3 heterocycles. The number of nitrogens with zero attached hydrogens (tertiary/aromatic N) is 4. The van der Waals surface area contributed by atoms with Gasteiger partial charge in [-0.05, 0) is 37.1 Å². The monoisotopic (exact) mass is 484 g/mol. The SMILES string of the molecule is CC.CC.CC.Cn1ncc2nc(C#N)c(Oc3ccc(OCCOC4CCOCC4)cc3)cc21. The number of rotatable bonds is 7. The maximum Gasteiger partial charge on any atom is 0.184 e. The van der Waals surface area contributed by atoms with Gasteiger partial charge in [-0.15, -0.1) is 0 Å². The minimum absolute atomic E-state index is 0.219. The maximum absolute atomic E-state index is 9.36. The summed E-state index contributed by atoms with van der Waals surface area (Å²) in [6.45, 7) is 14.6. The van der Waals surface area contributed by atoms with Gasteiger partial charge in [0, 0.05) is 26.3 Å². The third-order valence-corrected chi connectivity index (χ3v) is 4.73. The molecule has 4 rings (SSSR count). The first-order chi connectivity index (χ1) is 17.2. The second kappa shape index (κ2) is 17.3. The quantitative estimate of drug-likeness (QED) is 0.364. The Morgan fingerprint density at radius 3 is 2.26 bits per heavy atom. The second-order valence-corrected chi connectivity index (χ2v) is 6.72. The number of hydrogen-bond acceptors (Lipinski definition) is 7. The number of hydrogen-bond donors (Lipinski definition) is 0. The summed E-state index contributed by atoms with van der Waals surface area (Å²) in [5.41, 5.74) is 1.67. The molecular weight excluding hydrogens is 444 g/mol. The van der Waals surface area contributed by atoms with Gasteiger partial charge in [0.05, 0.1) is 24.4 Å². The van der Waals surface area contributed by atoms with E-state index >= 15 is 0 Å². The predicted octanol–water partition coefficient (Wildman–Crippen LogP) is 6.29. The lowest BCUT2D eigenvalue weighted by Gasteiger charge is -2.22. The topological polar surface area (TPSA) is 91.4 Å². The van der Waals surface area contributed by atoms with Crippen LogP contribution >= 0.6 is 0 Å². The Labute approximate surface area is 209 Å². The highest BCUT2D eigenvalue weighted by Crippen LogP contribution is 2.28. The van der Waals surface area contributed by atoms with Gasteiger partial charge in [0.2, 0.25) is 0 Å². The van der Waals surface area contributed by atoms with Crippen molar-refractivity contribution in [3.63, 3.8) is 0 Å². The van der Waals surface area contributed by atoms with Crippen LogP contribution in [0.25, 0.3) is 11.0 Å². The van der Waals surface area contributed by atoms with E-state index in [0.717, 1.165) is 37.3 Å². The highest BCUT2D eigenvalue weighted by atomic mass is 16.5. The van der Waals surface area contributed by atoms with Gasteiger partial charge in [-0.3, -0.25) is 4.68 Å². The first kappa shape index (κ1) is 29.9. The van der Waals surface area contributed by atoms with Gasteiger partial charge in [-0.1, -0.05) is 41.5 Å². The van der Waals surface area contributed by atoms with E-state index < -0.39 is 0 Å². The van der Waals surface area contributed by atoms with Gasteiger partial charge in [0.15, 0.2) is 11.4 Å². The molecule has 1 aromatic carbocycles. The van der Waals surface area contributed by atoms with Crippen molar-refractivity contribution in [1.29, 1.82) is 5.26 Å². The zero-order chi connectivity index (χ0) is 26.1.